The number of nitrogens with zero attached hydrogens (tertiary/aromatic N) is 1. The van der Waals surface area contributed by atoms with Gasteiger partial charge in [0.2, 0.25) is 0 Å². The van der Waals surface area contributed by atoms with Crippen LogP contribution in [0.4, 0.5) is 17.1 Å². The second kappa shape index (κ2) is 7.49. The number of rotatable bonds is 5. The highest BCUT2D eigenvalue weighted by molar-refractivity contribution is 5.85. The van der Waals surface area contributed by atoms with E-state index in [1.54, 1.807) is 6.08 Å². The molecule has 0 aliphatic rings. The molecule has 0 saturated carbocycles. The average molecular weight is 329 g/mol. The molecule has 0 amide bonds. The molecule has 124 valence electrons. The number of carbonyl (C=O) groups is 1. The molecule has 0 aliphatic carbocycles. The maximum atomic E-state index is 10.7. The van der Waals surface area contributed by atoms with E-state index in [2.05, 4.69) is 48.2 Å². The lowest BCUT2D eigenvalue weighted by Gasteiger charge is -2.25. The van der Waals surface area contributed by atoms with Crippen molar-refractivity contribution in [2.24, 2.45) is 0 Å². The monoisotopic (exact) mass is 329 g/mol. The van der Waals surface area contributed by atoms with Gasteiger partial charge < -0.3 is 10.0 Å². The molecule has 0 radical (unpaired) electrons. The predicted molar refractivity (Wildman–Crippen MR) is 103 cm³/mol. The molecule has 0 fully saturated rings. The first-order valence-electron chi connectivity index (χ1n) is 8.06. The molecule has 0 saturated heterocycles. The number of para-hydroxylation sites is 1. The van der Waals surface area contributed by atoms with Crippen LogP contribution in [0.5, 0.6) is 0 Å². The fourth-order valence-electron chi connectivity index (χ4n) is 2.62. The SMILES string of the molecule is Cc1ccc(N(c2ccccc2)c2ccc(/C=C/C(=O)O)cc2)cc1. The smallest absolute Gasteiger partial charge is 0.328 e. The first-order valence-corrected chi connectivity index (χ1v) is 8.06. The number of carboxylic acid groups (broad SMARTS) is 1. The molecule has 3 heteroatoms. The summed E-state index contributed by atoms with van der Waals surface area (Å²) in [5.74, 6) is -0.949. The number of carboxylic acids is 1. The van der Waals surface area contributed by atoms with Gasteiger partial charge in [-0.3, -0.25) is 0 Å². The quantitative estimate of drug-likeness (QED) is 0.623. The number of hydrogen-bond donors (Lipinski definition) is 1. The fraction of sp³-hybridized carbons (Fsp3) is 0.0455. The molecule has 3 rings (SSSR count). The summed E-state index contributed by atoms with van der Waals surface area (Å²) in [6.45, 7) is 2.07. The molecule has 0 aromatic heterocycles. The molecule has 3 nitrogen and oxygen atoms in total. The predicted octanol–water partition coefficient (Wildman–Crippen LogP) is 5.56. The topological polar surface area (TPSA) is 40.5 Å². The van der Waals surface area contributed by atoms with Crippen LogP contribution in [-0.2, 0) is 4.79 Å². The van der Waals surface area contributed by atoms with Gasteiger partial charge in [0.15, 0.2) is 0 Å². The van der Waals surface area contributed by atoms with Crippen molar-refractivity contribution in [3.8, 4) is 0 Å². The Bertz CT molecular complexity index is 866. The van der Waals surface area contributed by atoms with Gasteiger partial charge >= 0.3 is 5.97 Å². The van der Waals surface area contributed by atoms with Crippen molar-refractivity contribution in [2.75, 3.05) is 4.90 Å². The minimum absolute atomic E-state index is 0.850. The summed E-state index contributed by atoms with van der Waals surface area (Å²) in [6, 6.07) is 26.4. The van der Waals surface area contributed by atoms with Crippen LogP contribution >= 0.6 is 0 Å². The largest absolute Gasteiger partial charge is 0.478 e. The zero-order chi connectivity index (χ0) is 17.6. The molecule has 3 aromatic rings. The Kier molecular flexibility index (Phi) is 4.95. The third-order valence-corrected chi connectivity index (χ3v) is 3.88. The number of anilines is 3. The van der Waals surface area contributed by atoms with Gasteiger partial charge in [-0.15, -0.1) is 0 Å². The molecule has 0 atom stereocenters. The lowest BCUT2D eigenvalue weighted by atomic mass is 10.1. The minimum Gasteiger partial charge on any atom is -0.478 e. The summed E-state index contributed by atoms with van der Waals surface area (Å²) in [6.07, 6.45) is 2.73. The summed E-state index contributed by atoms with van der Waals surface area (Å²) < 4.78 is 0. The van der Waals surface area contributed by atoms with Crippen LogP contribution in [-0.4, -0.2) is 11.1 Å². The van der Waals surface area contributed by atoms with E-state index in [0.29, 0.717) is 0 Å². The number of benzene rings is 3. The molecule has 1 N–H and O–H groups in total. The van der Waals surface area contributed by atoms with Crippen LogP contribution in [0.1, 0.15) is 11.1 Å². The summed E-state index contributed by atoms with van der Waals surface area (Å²) in [5.41, 5.74) is 5.22. The van der Waals surface area contributed by atoms with E-state index in [9.17, 15) is 4.79 Å². The van der Waals surface area contributed by atoms with Crippen LogP contribution < -0.4 is 4.90 Å². The van der Waals surface area contributed by atoms with Crippen molar-refractivity contribution in [1.29, 1.82) is 0 Å². The third kappa shape index (κ3) is 4.15. The minimum atomic E-state index is -0.949. The van der Waals surface area contributed by atoms with Crippen LogP contribution in [0.25, 0.3) is 6.08 Å². The van der Waals surface area contributed by atoms with Gasteiger partial charge in [-0.05, 0) is 55.0 Å². The average Bonchev–Trinajstić information content (AvgIpc) is 2.64. The van der Waals surface area contributed by atoms with Crippen LogP contribution in [0, 0.1) is 6.92 Å². The molecule has 0 heterocycles. The number of aryl methyl sites for hydroxylation is 1. The fourth-order valence-corrected chi connectivity index (χ4v) is 2.62. The van der Waals surface area contributed by atoms with Crippen molar-refractivity contribution in [2.45, 2.75) is 6.92 Å². The normalized spacial score (nSPS) is 10.8. The maximum Gasteiger partial charge on any atom is 0.328 e. The van der Waals surface area contributed by atoms with E-state index >= 15 is 0 Å². The summed E-state index contributed by atoms with van der Waals surface area (Å²) in [7, 11) is 0. The van der Waals surface area contributed by atoms with Gasteiger partial charge in [0.05, 0.1) is 0 Å². The van der Waals surface area contributed by atoms with Crippen LogP contribution in [0.2, 0.25) is 0 Å². The lowest BCUT2D eigenvalue weighted by molar-refractivity contribution is -0.131. The van der Waals surface area contributed by atoms with Gasteiger partial charge in [0, 0.05) is 23.1 Å². The Hall–Kier alpha value is -3.33. The summed E-state index contributed by atoms with van der Waals surface area (Å²) in [5, 5.41) is 8.74. The molecule has 3 aromatic carbocycles. The Morgan fingerprint density at radius 1 is 0.800 bits per heavy atom. The van der Waals surface area contributed by atoms with Gasteiger partial charge in [0.1, 0.15) is 0 Å². The molecular weight excluding hydrogens is 310 g/mol. The Balaban J connectivity index is 2.00. The maximum absolute atomic E-state index is 10.7. The van der Waals surface area contributed by atoms with E-state index in [0.717, 1.165) is 28.7 Å². The molecule has 25 heavy (non-hydrogen) atoms. The van der Waals surface area contributed by atoms with Crippen molar-refractivity contribution in [1.82, 2.24) is 0 Å². The van der Waals surface area contributed by atoms with Gasteiger partial charge in [-0.2, -0.15) is 0 Å². The molecule has 0 unspecified atom stereocenters. The zero-order valence-electron chi connectivity index (χ0n) is 14.0. The van der Waals surface area contributed by atoms with E-state index < -0.39 is 5.97 Å². The highest BCUT2D eigenvalue weighted by Gasteiger charge is 2.11. The highest BCUT2D eigenvalue weighted by Crippen LogP contribution is 2.34. The third-order valence-electron chi connectivity index (χ3n) is 3.88. The van der Waals surface area contributed by atoms with Crippen molar-refractivity contribution in [3.05, 3.63) is 96.1 Å². The van der Waals surface area contributed by atoms with Gasteiger partial charge in [-0.1, -0.05) is 48.0 Å². The first-order chi connectivity index (χ1) is 12.1. The molecule has 0 aliphatic heterocycles. The van der Waals surface area contributed by atoms with Crippen molar-refractivity contribution >= 4 is 29.1 Å². The van der Waals surface area contributed by atoms with E-state index in [1.165, 1.54) is 5.56 Å². The molecule has 0 spiro atoms. The standard InChI is InChI=1S/C22H19NO2/c1-17-7-12-20(13-8-17)23(19-5-3-2-4-6-19)21-14-9-18(10-15-21)11-16-22(24)25/h2-16H,1H3,(H,24,25)/b16-11+. The molecular formula is C22H19NO2. The van der Waals surface area contributed by atoms with Gasteiger partial charge in [-0.25, -0.2) is 4.79 Å². The zero-order valence-corrected chi connectivity index (χ0v) is 14.0. The highest BCUT2D eigenvalue weighted by atomic mass is 16.4. The van der Waals surface area contributed by atoms with E-state index in [1.807, 2.05) is 42.5 Å². The molecule has 0 bridgehead atoms. The van der Waals surface area contributed by atoms with E-state index in [4.69, 9.17) is 5.11 Å². The summed E-state index contributed by atoms with van der Waals surface area (Å²) >= 11 is 0. The van der Waals surface area contributed by atoms with E-state index in [-0.39, 0.29) is 0 Å². The second-order valence-electron chi connectivity index (χ2n) is 5.77. The Labute approximate surface area is 147 Å². The van der Waals surface area contributed by atoms with Crippen molar-refractivity contribution < 1.29 is 9.90 Å². The lowest BCUT2D eigenvalue weighted by Crippen LogP contribution is -2.09. The Morgan fingerprint density at radius 3 is 1.88 bits per heavy atom. The van der Waals surface area contributed by atoms with Crippen LogP contribution in [0.3, 0.4) is 0 Å². The number of hydrogen-bond acceptors (Lipinski definition) is 2. The Morgan fingerprint density at radius 2 is 1.32 bits per heavy atom. The number of aliphatic carboxylic acids is 1. The van der Waals surface area contributed by atoms with Crippen molar-refractivity contribution in [3.63, 3.8) is 0 Å². The summed E-state index contributed by atoms with van der Waals surface area (Å²) in [4.78, 5) is 12.8. The van der Waals surface area contributed by atoms with Gasteiger partial charge in [0.25, 0.3) is 0 Å². The second-order valence-corrected chi connectivity index (χ2v) is 5.77. The van der Waals surface area contributed by atoms with Crippen LogP contribution in [0.15, 0.2) is 84.9 Å². The first kappa shape index (κ1) is 16.5.